The number of nitrogens with zero attached hydrogens (tertiary/aromatic N) is 3. The summed E-state index contributed by atoms with van der Waals surface area (Å²) in [5.74, 6) is -0.804. The summed E-state index contributed by atoms with van der Waals surface area (Å²) in [6.45, 7) is 1.65. The number of para-hydroxylation sites is 1. The maximum atomic E-state index is 13.7. The summed E-state index contributed by atoms with van der Waals surface area (Å²) in [5, 5.41) is 19.8. The van der Waals surface area contributed by atoms with E-state index in [-0.39, 0.29) is 29.3 Å². The van der Waals surface area contributed by atoms with Gasteiger partial charge >= 0.3 is 18.2 Å². The van der Waals surface area contributed by atoms with E-state index in [1.54, 1.807) is 25.1 Å². The zero-order chi connectivity index (χ0) is 23.9. The van der Waals surface area contributed by atoms with E-state index in [0.717, 1.165) is 46.2 Å². The van der Waals surface area contributed by atoms with Crippen LogP contribution in [-0.2, 0) is 6.18 Å². The minimum Gasteiger partial charge on any atom is -0.508 e. The fraction of sp³-hybridized carbons (Fsp3) is 0.130. The summed E-state index contributed by atoms with van der Waals surface area (Å²) < 4.78 is 40.6. The first kappa shape index (κ1) is 22.0. The van der Waals surface area contributed by atoms with Gasteiger partial charge < -0.3 is 10.2 Å². The summed E-state index contributed by atoms with van der Waals surface area (Å²) in [6.07, 6.45) is -4.68. The Morgan fingerprint density at radius 2 is 1.39 bits per heavy atom. The predicted molar refractivity (Wildman–Crippen MR) is 116 cm³/mol. The van der Waals surface area contributed by atoms with Gasteiger partial charge in [-0.15, -0.1) is 0 Å². The molecule has 0 aromatic heterocycles. The van der Waals surface area contributed by atoms with Crippen molar-refractivity contribution in [3.63, 3.8) is 0 Å². The maximum absolute atomic E-state index is 13.7. The van der Waals surface area contributed by atoms with E-state index in [4.69, 9.17) is 0 Å². The summed E-state index contributed by atoms with van der Waals surface area (Å²) >= 11 is 0. The lowest BCUT2D eigenvalue weighted by atomic mass is 10.1. The zero-order valence-electron chi connectivity index (χ0n) is 17.2. The first-order chi connectivity index (χ1) is 15.6. The Kier molecular flexibility index (Phi) is 5.36. The first-order valence-electron chi connectivity index (χ1n) is 9.87. The molecule has 1 aliphatic heterocycles. The molecule has 4 rings (SSSR count). The van der Waals surface area contributed by atoms with Crippen LogP contribution in [0.5, 0.6) is 11.5 Å². The molecule has 170 valence electrons. The number of anilines is 4. The monoisotopic (exact) mass is 457 g/mol. The van der Waals surface area contributed by atoms with Crippen molar-refractivity contribution in [1.29, 1.82) is 0 Å². The second-order valence-electron chi connectivity index (χ2n) is 7.22. The molecular weight excluding hydrogens is 439 g/mol. The lowest BCUT2D eigenvalue weighted by Gasteiger charge is -2.27. The van der Waals surface area contributed by atoms with E-state index in [1.165, 1.54) is 12.1 Å². The van der Waals surface area contributed by atoms with Gasteiger partial charge in [-0.05, 0) is 37.3 Å². The molecule has 7 nitrogen and oxygen atoms in total. The SMILES string of the molecule is CCN1C(=O)N(c2cc(O)cc(O)c2)C(=O)N(c2ccccc2)c2cc(C(F)(F)F)ccc21. The number of carbonyl (C=O) groups is 2. The maximum Gasteiger partial charge on any atom is 0.416 e. The third kappa shape index (κ3) is 3.91. The Hall–Kier alpha value is -4.21. The van der Waals surface area contributed by atoms with Crippen molar-refractivity contribution in [2.75, 3.05) is 21.2 Å². The molecular formula is C23H18F3N3O4. The molecule has 4 amide bonds. The highest BCUT2D eigenvalue weighted by atomic mass is 19.4. The molecule has 10 heteroatoms. The molecule has 1 heterocycles. The van der Waals surface area contributed by atoms with Gasteiger partial charge in [-0.1, -0.05) is 18.2 Å². The lowest BCUT2D eigenvalue weighted by molar-refractivity contribution is -0.137. The number of phenolic OH excluding ortho intramolecular Hbond substituents is 2. The van der Waals surface area contributed by atoms with Crippen molar-refractivity contribution in [3.05, 3.63) is 72.3 Å². The van der Waals surface area contributed by atoms with E-state index < -0.39 is 35.3 Å². The number of hydrogen-bond donors (Lipinski definition) is 2. The van der Waals surface area contributed by atoms with E-state index in [1.807, 2.05) is 0 Å². The third-order valence-corrected chi connectivity index (χ3v) is 5.12. The van der Waals surface area contributed by atoms with Crippen molar-refractivity contribution in [1.82, 2.24) is 0 Å². The van der Waals surface area contributed by atoms with Crippen molar-refractivity contribution < 1.29 is 33.0 Å². The van der Waals surface area contributed by atoms with Crippen LogP contribution >= 0.6 is 0 Å². The van der Waals surface area contributed by atoms with Crippen LogP contribution in [0.15, 0.2) is 66.7 Å². The number of aromatic hydroxyl groups is 2. The molecule has 33 heavy (non-hydrogen) atoms. The van der Waals surface area contributed by atoms with Gasteiger partial charge in [0.2, 0.25) is 0 Å². The predicted octanol–water partition coefficient (Wildman–Crippen LogP) is 5.84. The number of phenols is 2. The Morgan fingerprint density at radius 3 is 1.97 bits per heavy atom. The highest BCUT2D eigenvalue weighted by molar-refractivity contribution is 6.28. The number of fused-ring (bicyclic) bond motifs is 1. The number of imide groups is 1. The third-order valence-electron chi connectivity index (χ3n) is 5.12. The second-order valence-corrected chi connectivity index (χ2v) is 7.22. The summed E-state index contributed by atoms with van der Waals surface area (Å²) in [7, 11) is 0. The fourth-order valence-corrected chi connectivity index (χ4v) is 3.68. The van der Waals surface area contributed by atoms with Crippen LogP contribution in [0.1, 0.15) is 12.5 Å². The molecule has 0 radical (unpaired) electrons. The standard InChI is InChI=1S/C23H18F3N3O4/c1-2-27-19-9-8-14(23(24,25)26)10-20(19)28(15-6-4-3-5-7-15)22(33)29(21(27)32)16-11-17(30)13-18(31)12-16/h3-13,30-31H,2H2,1H3. The van der Waals surface area contributed by atoms with Crippen molar-refractivity contribution in [3.8, 4) is 11.5 Å². The van der Waals surface area contributed by atoms with Gasteiger partial charge in [0.25, 0.3) is 0 Å². The highest BCUT2D eigenvalue weighted by Gasteiger charge is 2.41. The van der Waals surface area contributed by atoms with Gasteiger partial charge in [-0.25, -0.2) is 14.5 Å². The number of urea groups is 2. The first-order valence-corrected chi connectivity index (χ1v) is 9.87. The average molecular weight is 457 g/mol. The molecule has 0 unspecified atom stereocenters. The zero-order valence-corrected chi connectivity index (χ0v) is 17.2. The minimum absolute atomic E-state index is 0.0361. The van der Waals surface area contributed by atoms with Gasteiger partial charge in [0.15, 0.2) is 0 Å². The highest BCUT2D eigenvalue weighted by Crippen LogP contribution is 2.43. The molecule has 0 bridgehead atoms. The van der Waals surface area contributed by atoms with Gasteiger partial charge in [-0.3, -0.25) is 9.80 Å². The van der Waals surface area contributed by atoms with Crippen LogP contribution in [0.25, 0.3) is 0 Å². The van der Waals surface area contributed by atoms with Crippen molar-refractivity contribution in [2.45, 2.75) is 13.1 Å². The van der Waals surface area contributed by atoms with Crippen molar-refractivity contribution in [2.24, 2.45) is 0 Å². The number of halogens is 3. The molecule has 0 saturated carbocycles. The Labute approximate surface area is 186 Å². The van der Waals surface area contributed by atoms with Crippen LogP contribution in [0, 0.1) is 0 Å². The van der Waals surface area contributed by atoms with Crippen LogP contribution < -0.4 is 14.7 Å². The average Bonchev–Trinajstić information content (AvgIpc) is 2.83. The minimum atomic E-state index is -4.68. The second kappa shape index (κ2) is 8.05. The fourth-order valence-electron chi connectivity index (χ4n) is 3.68. The van der Waals surface area contributed by atoms with Crippen LogP contribution in [0.2, 0.25) is 0 Å². The van der Waals surface area contributed by atoms with Gasteiger partial charge in [0.1, 0.15) is 11.5 Å². The van der Waals surface area contributed by atoms with E-state index in [9.17, 15) is 33.0 Å². The largest absolute Gasteiger partial charge is 0.508 e. The lowest BCUT2D eigenvalue weighted by Crippen LogP contribution is -2.48. The van der Waals surface area contributed by atoms with E-state index in [2.05, 4.69) is 0 Å². The molecule has 0 saturated heterocycles. The molecule has 2 N–H and O–H groups in total. The van der Waals surface area contributed by atoms with Crippen LogP contribution in [0.3, 0.4) is 0 Å². The van der Waals surface area contributed by atoms with Gasteiger partial charge in [0.05, 0.1) is 28.3 Å². The molecule has 3 aromatic rings. The summed E-state index contributed by atoms with van der Waals surface area (Å²) in [4.78, 5) is 30.0. The molecule has 3 aromatic carbocycles. The number of benzene rings is 3. The number of rotatable bonds is 3. The molecule has 0 spiro atoms. The number of carbonyl (C=O) groups excluding carboxylic acids is 2. The molecule has 0 fully saturated rings. The Bertz CT molecular complexity index is 1210. The number of hydrogen-bond acceptors (Lipinski definition) is 4. The molecule has 0 aliphatic carbocycles. The summed E-state index contributed by atoms with van der Waals surface area (Å²) in [6, 6.07) is 12.1. The number of amides is 4. The summed E-state index contributed by atoms with van der Waals surface area (Å²) in [5.41, 5.74) is -0.946. The van der Waals surface area contributed by atoms with E-state index in [0.29, 0.717) is 4.90 Å². The van der Waals surface area contributed by atoms with Crippen LogP contribution in [-0.4, -0.2) is 28.8 Å². The smallest absolute Gasteiger partial charge is 0.416 e. The van der Waals surface area contributed by atoms with Gasteiger partial charge in [-0.2, -0.15) is 13.2 Å². The normalized spacial score (nSPS) is 14.4. The number of alkyl halides is 3. The molecule has 1 aliphatic rings. The quantitative estimate of drug-likeness (QED) is 0.518. The van der Waals surface area contributed by atoms with Crippen LogP contribution in [0.4, 0.5) is 45.5 Å². The molecule has 0 atom stereocenters. The van der Waals surface area contributed by atoms with Crippen molar-refractivity contribution >= 4 is 34.8 Å². The Balaban J connectivity index is 2.01. The topological polar surface area (TPSA) is 84.3 Å². The van der Waals surface area contributed by atoms with E-state index >= 15 is 0 Å². The Morgan fingerprint density at radius 1 is 0.758 bits per heavy atom. The van der Waals surface area contributed by atoms with Gasteiger partial charge in [0, 0.05) is 24.7 Å².